The number of nitrogens with zero attached hydrogens (tertiary/aromatic N) is 2. The van der Waals surface area contributed by atoms with E-state index in [1.54, 1.807) is 5.48 Å². The van der Waals surface area contributed by atoms with Gasteiger partial charge in [0.15, 0.2) is 11.6 Å². The molecule has 2 amide bonds. The van der Waals surface area contributed by atoms with E-state index in [9.17, 15) is 18.4 Å². The van der Waals surface area contributed by atoms with Gasteiger partial charge in [0.1, 0.15) is 0 Å². The molecule has 0 saturated carbocycles. The lowest BCUT2D eigenvalue weighted by molar-refractivity contribution is -0.130. The first kappa shape index (κ1) is 26.1. The number of nitrogens with one attached hydrogen (secondary N) is 1. The van der Waals surface area contributed by atoms with Gasteiger partial charge in [-0.2, -0.15) is 0 Å². The second kappa shape index (κ2) is 11.8. The molecule has 2 aromatic carbocycles. The van der Waals surface area contributed by atoms with Crippen molar-refractivity contribution in [2.75, 3.05) is 13.6 Å². The van der Waals surface area contributed by atoms with Gasteiger partial charge in [-0.25, -0.2) is 20.1 Å². The van der Waals surface area contributed by atoms with Gasteiger partial charge in [0.25, 0.3) is 5.91 Å². The van der Waals surface area contributed by atoms with Gasteiger partial charge in [-0.05, 0) is 67.0 Å². The average Bonchev–Trinajstić information content (AvgIpc) is 2.84. The maximum atomic E-state index is 13.5. The molecule has 35 heavy (non-hydrogen) atoms. The van der Waals surface area contributed by atoms with Crippen LogP contribution in [0.3, 0.4) is 0 Å². The van der Waals surface area contributed by atoms with Gasteiger partial charge in [-0.15, -0.1) is 0 Å². The molecule has 1 aliphatic carbocycles. The van der Waals surface area contributed by atoms with Gasteiger partial charge in [-0.1, -0.05) is 18.2 Å². The van der Waals surface area contributed by atoms with E-state index in [4.69, 9.17) is 16.8 Å². The number of nitrogens with two attached hydrogens (primary N) is 2. The third kappa shape index (κ3) is 7.00. The highest BCUT2D eigenvalue weighted by molar-refractivity contribution is 5.94. The highest BCUT2D eigenvalue weighted by atomic mass is 19.2. The van der Waals surface area contributed by atoms with E-state index in [0.29, 0.717) is 6.42 Å². The molecule has 1 aliphatic rings. The van der Waals surface area contributed by atoms with Gasteiger partial charge in [0.05, 0.1) is 19.0 Å². The molecule has 0 aromatic heterocycles. The van der Waals surface area contributed by atoms with Crippen molar-refractivity contribution in [1.29, 1.82) is 0 Å². The second-order valence-corrected chi connectivity index (χ2v) is 8.85. The van der Waals surface area contributed by atoms with Gasteiger partial charge in [0.2, 0.25) is 5.91 Å². The van der Waals surface area contributed by atoms with E-state index >= 15 is 0 Å². The summed E-state index contributed by atoms with van der Waals surface area (Å²) in [6.07, 6.45) is 6.17. The minimum atomic E-state index is -1.12. The Kier molecular flexibility index (Phi) is 8.78. The van der Waals surface area contributed by atoms with Crippen molar-refractivity contribution < 1.29 is 23.6 Å². The Labute approximate surface area is 203 Å². The highest BCUT2D eigenvalue weighted by Gasteiger charge is 2.21. The molecule has 10 heteroatoms. The average molecular weight is 488 g/mol. The number of amides is 2. The number of benzene rings is 2. The number of carbonyl (C=O) groups excluding carboxylic acids is 2. The van der Waals surface area contributed by atoms with E-state index in [2.05, 4.69) is 12.1 Å². The second-order valence-electron chi connectivity index (χ2n) is 8.85. The van der Waals surface area contributed by atoms with E-state index in [1.807, 2.05) is 6.07 Å². The maximum absolute atomic E-state index is 13.5. The maximum Gasteiger partial charge on any atom is 0.254 e. The Balaban J connectivity index is 1.70. The summed E-state index contributed by atoms with van der Waals surface area (Å²) >= 11 is 0. The van der Waals surface area contributed by atoms with Crippen LogP contribution < -0.4 is 17.1 Å². The summed E-state index contributed by atoms with van der Waals surface area (Å²) in [5, 5.41) is 10.3. The number of hydrogen-bond donors (Lipinski definition) is 4. The van der Waals surface area contributed by atoms with Gasteiger partial charge < -0.3 is 15.6 Å². The van der Waals surface area contributed by atoms with Crippen LogP contribution in [0.25, 0.3) is 0 Å². The Morgan fingerprint density at radius 3 is 2.51 bits per heavy atom. The fourth-order valence-electron chi connectivity index (χ4n) is 4.26. The third-order valence-electron chi connectivity index (χ3n) is 6.10. The summed E-state index contributed by atoms with van der Waals surface area (Å²) in [4.78, 5) is 25.7. The van der Waals surface area contributed by atoms with Crippen LogP contribution in [-0.4, -0.2) is 46.6 Å². The molecule has 0 fully saturated rings. The van der Waals surface area contributed by atoms with Crippen molar-refractivity contribution >= 4 is 11.8 Å². The van der Waals surface area contributed by atoms with E-state index in [1.165, 1.54) is 46.8 Å². The van der Waals surface area contributed by atoms with Crippen molar-refractivity contribution in [2.24, 2.45) is 11.6 Å². The van der Waals surface area contributed by atoms with E-state index < -0.39 is 29.5 Å². The number of fused-ring (bicyclic) bond motifs is 1. The molecular weight excluding hydrogens is 456 g/mol. The zero-order valence-electron chi connectivity index (χ0n) is 19.6. The Morgan fingerprint density at radius 1 is 1.11 bits per heavy atom. The van der Waals surface area contributed by atoms with Crippen LogP contribution in [0.15, 0.2) is 48.3 Å². The van der Waals surface area contributed by atoms with Gasteiger partial charge in [0, 0.05) is 24.5 Å². The van der Waals surface area contributed by atoms with Gasteiger partial charge >= 0.3 is 0 Å². The van der Waals surface area contributed by atoms with E-state index in [-0.39, 0.29) is 24.2 Å². The van der Waals surface area contributed by atoms with Crippen LogP contribution in [0.4, 0.5) is 8.78 Å². The zero-order chi connectivity index (χ0) is 25.5. The normalized spacial score (nSPS) is 14.1. The predicted molar refractivity (Wildman–Crippen MR) is 127 cm³/mol. The molecule has 6 N–H and O–H groups in total. The fourth-order valence-corrected chi connectivity index (χ4v) is 4.26. The molecule has 0 bridgehead atoms. The highest BCUT2D eigenvalue weighted by Crippen LogP contribution is 2.23. The van der Waals surface area contributed by atoms with Crippen LogP contribution in [0.1, 0.15) is 46.3 Å². The minimum absolute atomic E-state index is 0.0197. The number of rotatable bonds is 9. The SMILES string of the molecule is CN(C/C(N)=C/N(N)[C@@H](CC(=O)NO)Cc1ccc2c(c1)CCCC2)C(=O)c1ccc(F)c(F)c1. The molecule has 1 atom stereocenters. The topological polar surface area (TPSA) is 125 Å². The first-order valence-electron chi connectivity index (χ1n) is 11.4. The van der Waals surface area contributed by atoms with E-state index in [0.717, 1.165) is 37.0 Å². The fraction of sp³-hybridized carbons (Fsp3) is 0.360. The first-order chi connectivity index (χ1) is 16.7. The van der Waals surface area contributed by atoms with Crippen molar-refractivity contribution in [1.82, 2.24) is 15.4 Å². The molecular formula is C25H31F2N5O3. The summed E-state index contributed by atoms with van der Waals surface area (Å²) in [6.45, 7) is -0.0384. The summed E-state index contributed by atoms with van der Waals surface area (Å²) in [6, 6.07) is 8.64. The largest absolute Gasteiger partial charge is 0.399 e. The lowest BCUT2D eigenvalue weighted by Gasteiger charge is -2.27. The van der Waals surface area contributed by atoms with Gasteiger partial charge in [-0.3, -0.25) is 14.8 Å². The molecule has 0 unspecified atom stereocenters. The molecule has 2 aromatic rings. The molecule has 188 valence electrons. The summed E-state index contributed by atoms with van der Waals surface area (Å²) in [5.41, 5.74) is 11.6. The van der Waals surface area contributed by atoms with Crippen molar-refractivity contribution in [3.63, 3.8) is 0 Å². The number of hydrazine groups is 1. The first-order valence-corrected chi connectivity index (χ1v) is 11.4. The van der Waals surface area contributed by atoms with Crippen LogP contribution in [0.2, 0.25) is 0 Å². The van der Waals surface area contributed by atoms with Crippen LogP contribution >= 0.6 is 0 Å². The van der Waals surface area contributed by atoms with Crippen molar-refractivity contribution in [2.45, 2.75) is 44.6 Å². The van der Waals surface area contributed by atoms with Crippen LogP contribution in [0, 0.1) is 11.6 Å². The molecule has 8 nitrogen and oxygen atoms in total. The molecule has 0 spiro atoms. The number of hydroxylamine groups is 1. The Bertz CT molecular complexity index is 1110. The zero-order valence-corrected chi connectivity index (χ0v) is 19.6. The molecule has 3 rings (SSSR count). The van der Waals surface area contributed by atoms with Crippen LogP contribution in [-0.2, 0) is 24.1 Å². The Hall–Kier alpha value is -3.50. The minimum Gasteiger partial charge on any atom is -0.399 e. The number of hydrogen-bond acceptors (Lipinski definition) is 6. The third-order valence-corrected chi connectivity index (χ3v) is 6.10. The number of halogens is 2. The monoisotopic (exact) mass is 487 g/mol. The molecule has 0 aliphatic heterocycles. The Morgan fingerprint density at radius 2 is 1.83 bits per heavy atom. The smallest absolute Gasteiger partial charge is 0.254 e. The summed E-state index contributed by atoms with van der Waals surface area (Å²) in [7, 11) is 1.47. The van der Waals surface area contributed by atoms with Crippen LogP contribution in [0.5, 0.6) is 0 Å². The standard InChI is InChI=1S/C25H31F2N5O3/c1-31(25(34)19-8-9-22(26)23(27)12-19)14-20(28)15-32(29)21(13-24(33)30-35)11-16-6-7-17-4-2-3-5-18(17)10-16/h6-10,12,15,21,35H,2-5,11,13-14,28-29H2,1H3,(H,30,33)/b20-15-/t21-/m1/s1. The van der Waals surface area contributed by atoms with Crippen molar-refractivity contribution in [3.8, 4) is 0 Å². The molecule has 0 saturated heterocycles. The predicted octanol–water partition coefficient (Wildman–Crippen LogP) is 2.40. The number of carbonyl (C=O) groups is 2. The lowest BCUT2D eigenvalue weighted by atomic mass is 9.89. The summed E-state index contributed by atoms with van der Waals surface area (Å²) < 4.78 is 26.6. The lowest BCUT2D eigenvalue weighted by Crippen LogP contribution is -2.42. The number of aryl methyl sites for hydroxylation is 2. The number of likely N-dealkylation sites (N-methyl/N-ethyl adjacent to an activating group) is 1. The summed E-state index contributed by atoms with van der Waals surface area (Å²) in [5.74, 6) is 2.92. The quantitative estimate of drug-likeness (QED) is 0.245. The molecule has 0 radical (unpaired) electrons. The molecule has 0 heterocycles. The van der Waals surface area contributed by atoms with Crippen molar-refractivity contribution in [3.05, 3.63) is 82.2 Å².